The van der Waals surface area contributed by atoms with E-state index in [1.54, 1.807) is 24.3 Å². The van der Waals surface area contributed by atoms with Gasteiger partial charge in [0.15, 0.2) is 11.6 Å². The first kappa shape index (κ1) is 15.1. The van der Waals surface area contributed by atoms with Gasteiger partial charge in [-0.3, -0.25) is 4.21 Å². The van der Waals surface area contributed by atoms with Crippen LogP contribution in [0.4, 0.5) is 8.78 Å². The average molecular weight is 307 g/mol. The highest BCUT2D eigenvalue weighted by atomic mass is 32.2. The smallest absolute Gasteiger partial charge is 0.160 e. The standard InChI is InChI=1S/C15H11F2NO2S/c16-14-6-5-13(9-15(14)17)21(19)8-7-20-12-3-1-11(10-18)2-4-12/h1-6,9H,7-8H2. The Morgan fingerprint density at radius 2 is 1.81 bits per heavy atom. The summed E-state index contributed by atoms with van der Waals surface area (Å²) in [5.74, 6) is -1.28. The molecule has 0 aliphatic rings. The number of ether oxygens (including phenoxy) is 1. The van der Waals surface area contributed by atoms with Gasteiger partial charge in [0.1, 0.15) is 12.4 Å². The molecule has 0 N–H and O–H groups in total. The zero-order chi connectivity index (χ0) is 15.2. The average Bonchev–Trinajstić information content (AvgIpc) is 2.50. The van der Waals surface area contributed by atoms with E-state index in [1.807, 2.05) is 6.07 Å². The Kier molecular flexibility index (Phi) is 5.01. The van der Waals surface area contributed by atoms with E-state index in [9.17, 15) is 13.0 Å². The van der Waals surface area contributed by atoms with Crippen molar-refractivity contribution in [2.24, 2.45) is 0 Å². The normalized spacial score (nSPS) is 11.7. The molecule has 1 atom stereocenters. The minimum Gasteiger partial charge on any atom is -0.493 e. The molecule has 0 amide bonds. The number of hydrogen-bond donors (Lipinski definition) is 0. The van der Waals surface area contributed by atoms with Crippen molar-refractivity contribution in [3.8, 4) is 11.8 Å². The van der Waals surface area contributed by atoms with E-state index in [-0.39, 0.29) is 17.3 Å². The van der Waals surface area contributed by atoms with Crippen LogP contribution in [0.25, 0.3) is 0 Å². The molecule has 6 heteroatoms. The van der Waals surface area contributed by atoms with Gasteiger partial charge in [-0.2, -0.15) is 5.26 Å². The molecule has 0 heterocycles. The van der Waals surface area contributed by atoms with Gasteiger partial charge in [-0.15, -0.1) is 0 Å². The molecule has 0 aliphatic carbocycles. The molecule has 2 rings (SSSR count). The Bertz CT molecular complexity index is 696. The van der Waals surface area contributed by atoms with Gasteiger partial charge >= 0.3 is 0 Å². The van der Waals surface area contributed by atoms with Crippen LogP contribution in [-0.2, 0) is 10.8 Å². The monoisotopic (exact) mass is 307 g/mol. The highest BCUT2D eigenvalue weighted by molar-refractivity contribution is 7.85. The molecule has 0 aliphatic heterocycles. The number of halogens is 2. The van der Waals surface area contributed by atoms with Gasteiger partial charge in [0.25, 0.3) is 0 Å². The summed E-state index contributed by atoms with van der Waals surface area (Å²) in [5, 5.41) is 8.66. The molecule has 1 unspecified atom stereocenters. The second-order valence-electron chi connectivity index (χ2n) is 4.11. The summed E-state index contributed by atoms with van der Waals surface area (Å²) < 4.78 is 43.1. The van der Waals surface area contributed by atoms with E-state index in [0.29, 0.717) is 11.3 Å². The predicted octanol–water partition coefficient (Wildman–Crippen LogP) is 3.02. The van der Waals surface area contributed by atoms with E-state index >= 15 is 0 Å². The molecular weight excluding hydrogens is 296 g/mol. The van der Waals surface area contributed by atoms with Gasteiger partial charge in [0.2, 0.25) is 0 Å². The third-order valence-corrected chi connectivity index (χ3v) is 3.99. The minimum atomic E-state index is -1.47. The van der Waals surface area contributed by atoms with Crippen molar-refractivity contribution in [1.29, 1.82) is 5.26 Å². The summed E-state index contributed by atoms with van der Waals surface area (Å²) in [6, 6.07) is 11.7. The Morgan fingerprint density at radius 1 is 1.10 bits per heavy atom. The first-order valence-corrected chi connectivity index (χ1v) is 7.38. The van der Waals surface area contributed by atoms with Crippen molar-refractivity contribution in [2.75, 3.05) is 12.4 Å². The molecule has 21 heavy (non-hydrogen) atoms. The van der Waals surface area contributed by atoms with Gasteiger partial charge in [0, 0.05) is 4.90 Å². The minimum absolute atomic E-state index is 0.158. The van der Waals surface area contributed by atoms with E-state index in [0.717, 1.165) is 12.1 Å². The summed E-state index contributed by atoms with van der Waals surface area (Å²) >= 11 is 0. The summed E-state index contributed by atoms with van der Waals surface area (Å²) in [6.45, 7) is 0.164. The third-order valence-electron chi connectivity index (χ3n) is 2.67. The van der Waals surface area contributed by atoms with Crippen molar-refractivity contribution >= 4 is 10.8 Å². The van der Waals surface area contributed by atoms with Crippen LogP contribution in [0.3, 0.4) is 0 Å². The zero-order valence-electron chi connectivity index (χ0n) is 10.9. The predicted molar refractivity (Wildman–Crippen MR) is 74.3 cm³/mol. The molecule has 0 bridgehead atoms. The Balaban J connectivity index is 1.89. The van der Waals surface area contributed by atoms with Crippen molar-refractivity contribution in [3.05, 3.63) is 59.7 Å². The lowest BCUT2D eigenvalue weighted by Gasteiger charge is -2.06. The zero-order valence-corrected chi connectivity index (χ0v) is 11.7. The van der Waals surface area contributed by atoms with Gasteiger partial charge in [-0.05, 0) is 42.5 Å². The molecule has 0 spiro atoms. The molecular formula is C15H11F2NO2S. The second kappa shape index (κ2) is 6.95. The van der Waals surface area contributed by atoms with Crippen LogP contribution >= 0.6 is 0 Å². The van der Waals surface area contributed by atoms with Crippen LogP contribution in [0.2, 0.25) is 0 Å². The van der Waals surface area contributed by atoms with Crippen LogP contribution in [0.1, 0.15) is 5.56 Å². The quantitative estimate of drug-likeness (QED) is 0.853. The van der Waals surface area contributed by atoms with E-state index in [4.69, 9.17) is 10.00 Å². The Labute approximate surface area is 123 Å². The van der Waals surface area contributed by atoms with Crippen LogP contribution in [-0.4, -0.2) is 16.6 Å². The van der Waals surface area contributed by atoms with Gasteiger partial charge in [-0.25, -0.2) is 8.78 Å². The summed E-state index contributed by atoms with van der Waals surface area (Å²) in [4.78, 5) is 0.220. The van der Waals surface area contributed by atoms with Crippen molar-refractivity contribution in [1.82, 2.24) is 0 Å². The molecule has 0 fully saturated rings. The highest BCUT2D eigenvalue weighted by Gasteiger charge is 2.08. The van der Waals surface area contributed by atoms with Crippen LogP contribution < -0.4 is 4.74 Å². The van der Waals surface area contributed by atoms with E-state index < -0.39 is 22.4 Å². The number of rotatable bonds is 5. The fraction of sp³-hybridized carbons (Fsp3) is 0.133. The lowest BCUT2D eigenvalue weighted by Crippen LogP contribution is -2.09. The lowest BCUT2D eigenvalue weighted by molar-refractivity contribution is 0.342. The Hall–Kier alpha value is -2.26. The molecule has 0 saturated carbocycles. The number of benzene rings is 2. The first-order valence-electron chi connectivity index (χ1n) is 6.06. The van der Waals surface area contributed by atoms with E-state index in [1.165, 1.54) is 6.07 Å². The summed E-state index contributed by atoms with van der Waals surface area (Å²) in [7, 11) is -1.47. The summed E-state index contributed by atoms with van der Waals surface area (Å²) in [6.07, 6.45) is 0. The van der Waals surface area contributed by atoms with Gasteiger partial charge in [0.05, 0.1) is 28.2 Å². The molecule has 0 aromatic heterocycles. The largest absolute Gasteiger partial charge is 0.493 e. The SMILES string of the molecule is N#Cc1ccc(OCCS(=O)c2ccc(F)c(F)c2)cc1. The van der Waals surface area contributed by atoms with Crippen molar-refractivity contribution in [3.63, 3.8) is 0 Å². The maximum absolute atomic E-state index is 13.0. The van der Waals surface area contributed by atoms with Crippen LogP contribution in [0, 0.1) is 23.0 Å². The molecule has 2 aromatic carbocycles. The Morgan fingerprint density at radius 3 is 2.43 bits per heavy atom. The topological polar surface area (TPSA) is 50.1 Å². The van der Waals surface area contributed by atoms with Gasteiger partial charge in [-0.1, -0.05) is 0 Å². The maximum atomic E-state index is 13.0. The number of hydrogen-bond acceptors (Lipinski definition) is 3. The molecule has 0 radical (unpaired) electrons. The highest BCUT2D eigenvalue weighted by Crippen LogP contribution is 2.14. The van der Waals surface area contributed by atoms with E-state index in [2.05, 4.69) is 0 Å². The molecule has 3 nitrogen and oxygen atoms in total. The molecule has 0 saturated heterocycles. The molecule has 108 valence electrons. The van der Waals surface area contributed by atoms with Crippen molar-refractivity contribution in [2.45, 2.75) is 4.90 Å². The first-order chi connectivity index (χ1) is 10.1. The third kappa shape index (κ3) is 4.10. The number of nitriles is 1. The maximum Gasteiger partial charge on any atom is 0.160 e. The molecule has 2 aromatic rings. The van der Waals surface area contributed by atoms with Crippen LogP contribution in [0.15, 0.2) is 47.4 Å². The lowest BCUT2D eigenvalue weighted by atomic mass is 10.2. The fourth-order valence-corrected chi connectivity index (χ4v) is 2.52. The number of nitrogens with zero attached hydrogens (tertiary/aromatic N) is 1. The second-order valence-corrected chi connectivity index (χ2v) is 5.68. The van der Waals surface area contributed by atoms with Crippen LogP contribution in [0.5, 0.6) is 5.75 Å². The van der Waals surface area contributed by atoms with Gasteiger partial charge < -0.3 is 4.74 Å². The van der Waals surface area contributed by atoms with Crippen molar-refractivity contribution < 1.29 is 17.7 Å². The fourth-order valence-electron chi connectivity index (χ4n) is 1.60. The summed E-state index contributed by atoms with van der Waals surface area (Å²) in [5.41, 5.74) is 0.521.